The van der Waals surface area contributed by atoms with Crippen molar-refractivity contribution in [1.29, 1.82) is 0 Å². The molecule has 1 aromatic rings. The molecule has 2 atom stereocenters. The Morgan fingerprint density at radius 2 is 2.07 bits per heavy atom. The molecular formula is C19H35IN6O. The zero-order chi connectivity index (χ0) is 19.2. The van der Waals surface area contributed by atoms with Gasteiger partial charge in [-0.05, 0) is 33.1 Å². The van der Waals surface area contributed by atoms with E-state index in [2.05, 4.69) is 48.2 Å². The van der Waals surface area contributed by atoms with Crippen molar-refractivity contribution in [2.45, 2.75) is 65.6 Å². The van der Waals surface area contributed by atoms with E-state index in [1.54, 1.807) is 0 Å². The van der Waals surface area contributed by atoms with Crippen LogP contribution in [0.1, 0.15) is 51.7 Å². The van der Waals surface area contributed by atoms with Crippen LogP contribution in [-0.4, -0.2) is 46.0 Å². The molecule has 1 saturated carbocycles. The summed E-state index contributed by atoms with van der Waals surface area (Å²) in [7, 11) is 1.96. The third kappa shape index (κ3) is 5.22. The number of rotatable bonds is 9. The zero-order valence-electron chi connectivity index (χ0n) is 17.3. The van der Waals surface area contributed by atoms with Gasteiger partial charge in [-0.2, -0.15) is 0 Å². The Morgan fingerprint density at radius 1 is 1.37 bits per heavy atom. The van der Waals surface area contributed by atoms with Crippen molar-refractivity contribution >= 4 is 29.9 Å². The van der Waals surface area contributed by atoms with Crippen molar-refractivity contribution in [1.82, 2.24) is 25.4 Å². The number of hydrogen-bond acceptors (Lipinski definition) is 4. The Hall–Kier alpha value is -1.16. The zero-order valence-corrected chi connectivity index (χ0v) is 19.6. The second kappa shape index (κ2) is 11.0. The van der Waals surface area contributed by atoms with Crippen molar-refractivity contribution in [2.75, 3.05) is 13.2 Å². The lowest BCUT2D eigenvalue weighted by atomic mass is 9.58. The quantitative estimate of drug-likeness (QED) is 0.241. The predicted molar refractivity (Wildman–Crippen MR) is 120 cm³/mol. The van der Waals surface area contributed by atoms with Crippen LogP contribution in [-0.2, 0) is 18.3 Å². The van der Waals surface area contributed by atoms with Crippen LogP contribution in [0, 0.1) is 12.3 Å². The summed E-state index contributed by atoms with van der Waals surface area (Å²) >= 11 is 0. The second-order valence-electron chi connectivity index (χ2n) is 6.87. The molecule has 7 nitrogen and oxygen atoms in total. The van der Waals surface area contributed by atoms with Gasteiger partial charge in [0.1, 0.15) is 12.4 Å². The smallest absolute Gasteiger partial charge is 0.192 e. The number of halogens is 1. The Balaban J connectivity index is 0.00000364. The molecule has 1 aliphatic carbocycles. The third-order valence-corrected chi connectivity index (χ3v) is 5.76. The maximum absolute atomic E-state index is 5.98. The number of nitrogens with one attached hydrogen (secondary N) is 2. The van der Waals surface area contributed by atoms with Crippen molar-refractivity contribution in [2.24, 2.45) is 17.5 Å². The minimum Gasteiger partial charge on any atom is -0.378 e. The number of ether oxygens (including phenoxy) is 1. The van der Waals surface area contributed by atoms with Gasteiger partial charge < -0.3 is 19.9 Å². The molecule has 8 heteroatoms. The van der Waals surface area contributed by atoms with Gasteiger partial charge in [0.2, 0.25) is 0 Å². The highest BCUT2D eigenvalue weighted by Crippen LogP contribution is 2.48. The fourth-order valence-corrected chi connectivity index (χ4v) is 3.81. The lowest BCUT2D eigenvalue weighted by molar-refractivity contribution is -0.133. The molecule has 0 aromatic carbocycles. The largest absolute Gasteiger partial charge is 0.378 e. The maximum atomic E-state index is 5.98. The average molecular weight is 490 g/mol. The molecule has 2 unspecified atom stereocenters. The summed E-state index contributed by atoms with van der Waals surface area (Å²) in [6, 6.07) is 0.353. The van der Waals surface area contributed by atoms with E-state index in [1.165, 1.54) is 0 Å². The van der Waals surface area contributed by atoms with Crippen LogP contribution in [0.5, 0.6) is 0 Å². The molecule has 1 fully saturated rings. The van der Waals surface area contributed by atoms with Gasteiger partial charge in [-0.15, -0.1) is 40.8 Å². The molecule has 2 N–H and O–H groups in total. The van der Waals surface area contributed by atoms with Gasteiger partial charge in [0.15, 0.2) is 11.8 Å². The molecule has 154 valence electrons. The van der Waals surface area contributed by atoms with Crippen molar-refractivity contribution in [3.05, 3.63) is 24.3 Å². The van der Waals surface area contributed by atoms with E-state index >= 15 is 0 Å². The van der Waals surface area contributed by atoms with Crippen LogP contribution >= 0.6 is 24.0 Å². The second-order valence-corrected chi connectivity index (χ2v) is 6.87. The summed E-state index contributed by atoms with van der Waals surface area (Å²) in [4.78, 5) is 4.72. The van der Waals surface area contributed by atoms with Crippen LogP contribution in [0.15, 0.2) is 17.6 Å². The lowest BCUT2D eigenvalue weighted by Crippen LogP contribution is -2.65. The van der Waals surface area contributed by atoms with E-state index in [9.17, 15) is 0 Å². The van der Waals surface area contributed by atoms with E-state index in [0.717, 1.165) is 43.5 Å². The summed E-state index contributed by atoms with van der Waals surface area (Å²) in [5.74, 6) is 2.52. The highest BCUT2D eigenvalue weighted by Gasteiger charge is 2.53. The van der Waals surface area contributed by atoms with Crippen molar-refractivity contribution in [3.8, 4) is 0 Å². The molecule has 0 spiro atoms. The minimum atomic E-state index is 0. The van der Waals surface area contributed by atoms with E-state index in [1.807, 2.05) is 24.6 Å². The van der Waals surface area contributed by atoms with Gasteiger partial charge >= 0.3 is 0 Å². The first-order valence-electron chi connectivity index (χ1n) is 9.64. The molecule has 0 aliphatic heterocycles. The molecule has 0 saturated heterocycles. The van der Waals surface area contributed by atoms with Crippen LogP contribution in [0.25, 0.3) is 0 Å². The van der Waals surface area contributed by atoms with Crippen molar-refractivity contribution < 1.29 is 4.74 Å². The summed E-state index contributed by atoms with van der Waals surface area (Å²) in [5.41, 5.74) is 0.161. The first kappa shape index (κ1) is 23.9. The van der Waals surface area contributed by atoms with E-state index in [-0.39, 0.29) is 29.4 Å². The van der Waals surface area contributed by atoms with Gasteiger partial charge in [-0.3, -0.25) is 0 Å². The molecule has 27 heavy (non-hydrogen) atoms. The topological polar surface area (TPSA) is 76.4 Å². The number of guanidine groups is 1. The molecule has 0 radical (unpaired) electrons. The number of aliphatic imine (C=N–C) groups is 1. The van der Waals surface area contributed by atoms with Gasteiger partial charge in [0.25, 0.3) is 0 Å². The molecule has 1 aliphatic rings. The monoisotopic (exact) mass is 490 g/mol. The molecule has 0 amide bonds. The van der Waals surface area contributed by atoms with Crippen LogP contribution in [0.4, 0.5) is 0 Å². The molecule has 1 heterocycles. The summed E-state index contributed by atoms with van der Waals surface area (Å²) < 4.78 is 7.94. The Morgan fingerprint density at radius 3 is 2.59 bits per heavy atom. The number of nitrogens with zero attached hydrogens (tertiary/aromatic N) is 4. The number of hydrogen-bond donors (Lipinski definition) is 2. The highest BCUT2D eigenvalue weighted by molar-refractivity contribution is 14.0. The average Bonchev–Trinajstić information content (AvgIpc) is 2.95. The Labute approximate surface area is 180 Å². The van der Waals surface area contributed by atoms with E-state index in [4.69, 9.17) is 9.73 Å². The Kier molecular flexibility index (Phi) is 9.72. The fraction of sp³-hybridized carbons (Fsp3) is 0.737. The molecule has 2 rings (SSSR count). The van der Waals surface area contributed by atoms with Gasteiger partial charge in [-0.25, -0.2) is 4.99 Å². The molecule has 1 aromatic heterocycles. The minimum absolute atomic E-state index is 0. The summed E-state index contributed by atoms with van der Waals surface area (Å²) in [6.45, 7) is 14.2. The summed E-state index contributed by atoms with van der Waals surface area (Å²) in [6.07, 6.45) is 5.34. The first-order chi connectivity index (χ1) is 12.5. The standard InChI is InChI=1S/C19H34N6O.HI/c1-7-11-20-18(21-13-17-24-23-14(5)25(17)6)22-15-12-16(26-10-4)19(15,8-2)9-3;/h7,15-16H,1,8-13H2,2-6H3,(H2,20,21,22);1H. The third-order valence-electron chi connectivity index (χ3n) is 5.76. The van der Waals surface area contributed by atoms with Gasteiger partial charge in [0.05, 0.1) is 6.10 Å². The van der Waals surface area contributed by atoms with Crippen LogP contribution < -0.4 is 10.6 Å². The van der Waals surface area contributed by atoms with Crippen LogP contribution in [0.2, 0.25) is 0 Å². The van der Waals surface area contributed by atoms with E-state index in [0.29, 0.717) is 25.2 Å². The van der Waals surface area contributed by atoms with Crippen molar-refractivity contribution in [3.63, 3.8) is 0 Å². The summed E-state index contributed by atoms with van der Waals surface area (Å²) in [5, 5.41) is 15.2. The SMILES string of the molecule is C=CCNC(=NCc1nnc(C)n1C)NC1CC(OCC)C1(CC)CC.I. The lowest BCUT2D eigenvalue weighted by Gasteiger charge is -2.55. The van der Waals surface area contributed by atoms with E-state index < -0.39 is 0 Å². The number of aryl methyl sites for hydroxylation is 1. The predicted octanol–water partition coefficient (Wildman–Crippen LogP) is 2.95. The van der Waals surface area contributed by atoms with Gasteiger partial charge in [0, 0.05) is 31.7 Å². The van der Waals surface area contributed by atoms with Crippen LogP contribution in [0.3, 0.4) is 0 Å². The molecular weight excluding hydrogens is 455 g/mol. The maximum Gasteiger partial charge on any atom is 0.192 e. The molecule has 0 bridgehead atoms. The number of aromatic nitrogens is 3. The Bertz CT molecular complexity index is 626. The normalized spacial score (nSPS) is 21.1. The fourth-order valence-electron chi connectivity index (χ4n) is 3.81. The van der Waals surface area contributed by atoms with Gasteiger partial charge in [-0.1, -0.05) is 19.9 Å². The first-order valence-corrected chi connectivity index (χ1v) is 9.64. The highest BCUT2D eigenvalue weighted by atomic mass is 127.